The van der Waals surface area contributed by atoms with Gasteiger partial charge in [-0.1, -0.05) is 13.8 Å². The fourth-order valence-corrected chi connectivity index (χ4v) is 1.59. The Morgan fingerprint density at radius 2 is 2.24 bits per heavy atom. The first-order chi connectivity index (χ1) is 8.02. The lowest BCUT2D eigenvalue weighted by molar-refractivity contribution is -0.387. The standard InChI is InChI=1S/C10H16N4O3/c1-4-7(11)6(2)8-9(14(15)16)10(17-3)13-5-12-8/h5-7H,4,11H2,1-3H3. The Hall–Kier alpha value is -1.76. The minimum absolute atomic E-state index is 0.0323. The minimum atomic E-state index is -0.535. The summed E-state index contributed by atoms with van der Waals surface area (Å²) >= 11 is 0. The molecule has 0 saturated heterocycles. The molecule has 2 N–H and O–H groups in total. The van der Waals surface area contributed by atoms with Crippen molar-refractivity contribution in [2.24, 2.45) is 5.73 Å². The lowest BCUT2D eigenvalue weighted by Gasteiger charge is -2.17. The molecule has 94 valence electrons. The van der Waals surface area contributed by atoms with E-state index in [9.17, 15) is 10.1 Å². The fourth-order valence-electron chi connectivity index (χ4n) is 1.59. The second kappa shape index (κ2) is 5.53. The predicted molar refractivity (Wildman–Crippen MR) is 61.9 cm³/mol. The first-order valence-corrected chi connectivity index (χ1v) is 5.31. The zero-order valence-electron chi connectivity index (χ0n) is 10.1. The average molecular weight is 240 g/mol. The number of nitrogens with two attached hydrogens (primary N) is 1. The van der Waals surface area contributed by atoms with Gasteiger partial charge < -0.3 is 10.5 Å². The van der Waals surface area contributed by atoms with Crippen molar-refractivity contribution in [3.63, 3.8) is 0 Å². The Morgan fingerprint density at radius 1 is 1.59 bits per heavy atom. The van der Waals surface area contributed by atoms with Crippen molar-refractivity contribution in [3.05, 3.63) is 22.1 Å². The maximum Gasteiger partial charge on any atom is 0.352 e. The van der Waals surface area contributed by atoms with E-state index in [-0.39, 0.29) is 23.5 Å². The molecule has 0 radical (unpaired) electrons. The summed E-state index contributed by atoms with van der Waals surface area (Å²) < 4.78 is 4.88. The van der Waals surface area contributed by atoms with Gasteiger partial charge in [0, 0.05) is 12.0 Å². The molecule has 1 aromatic heterocycles. The summed E-state index contributed by atoms with van der Waals surface area (Å²) in [6, 6.07) is -0.187. The van der Waals surface area contributed by atoms with E-state index < -0.39 is 4.92 Å². The molecule has 0 spiro atoms. The molecule has 1 rings (SSSR count). The second-order valence-electron chi connectivity index (χ2n) is 3.73. The zero-order chi connectivity index (χ0) is 13.0. The molecule has 7 nitrogen and oxygen atoms in total. The van der Waals surface area contributed by atoms with Crippen LogP contribution in [0.25, 0.3) is 0 Å². The Labute approximate surface area is 99.2 Å². The maximum atomic E-state index is 11.0. The third kappa shape index (κ3) is 2.68. The maximum absolute atomic E-state index is 11.0. The molecule has 2 unspecified atom stereocenters. The largest absolute Gasteiger partial charge is 0.476 e. The lowest BCUT2D eigenvalue weighted by atomic mass is 9.96. The van der Waals surface area contributed by atoms with Crippen LogP contribution in [0.3, 0.4) is 0 Å². The Balaban J connectivity index is 3.27. The van der Waals surface area contributed by atoms with Crippen LogP contribution in [0.1, 0.15) is 31.9 Å². The summed E-state index contributed by atoms with van der Waals surface area (Å²) in [6.07, 6.45) is 1.96. The summed E-state index contributed by atoms with van der Waals surface area (Å²) in [4.78, 5) is 18.2. The van der Waals surface area contributed by atoms with Gasteiger partial charge in [-0.3, -0.25) is 10.1 Å². The number of aromatic nitrogens is 2. The topological polar surface area (TPSA) is 104 Å². The third-order valence-corrected chi connectivity index (χ3v) is 2.74. The lowest BCUT2D eigenvalue weighted by Crippen LogP contribution is -2.27. The molecular formula is C10H16N4O3. The highest BCUT2D eigenvalue weighted by Gasteiger charge is 2.29. The highest BCUT2D eigenvalue weighted by Crippen LogP contribution is 2.32. The fraction of sp³-hybridized carbons (Fsp3) is 0.600. The Kier molecular flexibility index (Phi) is 4.33. The van der Waals surface area contributed by atoms with Crippen LogP contribution in [-0.2, 0) is 0 Å². The summed E-state index contributed by atoms with van der Waals surface area (Å²) in [5, 5.41) is 11.0. The molecule has 0 aromatic carbocycles. The van der Waals surface area contributed by atoms with Crippen molar-refractivity contribution in [2.45, 2.75) is 32.2 Å². The SMILES string of the molecule is CCC(N)C(C)c1ncnc(OC)c1[N+](=O)[O-]. The van der Waals surface area contributed by atoms with E-state index in [0.717, 1.165) is 0 Å². The van der Waals surface area contributed by atoms with Crippen molar-refractivity contribution in [2.75, 3.05) is 7.11 Å². The van der Waals surface area contributed by atoms with Crippen LogP contribution >= 0.6 is 0 Å². The molecule has 0 fully saturated rings. The summed E-state index contributed by atoms with van der Waals surface area (Å²) in [7, 11) is 1.34. The van der Waals surface area contributed by atoms with Gasteiger partial charge in [-0.2, -0.15) is 4.98 Å². The van der Waals surface area contributed by atoms with Crippen LogP contribution in [0, 0.1) is 10.1 Å². The molecule has 1 aromatic rings. The first-order valence-electron chi connectivity index (χ1n) is 5.31. The molecule has 0 aliphatic heterocycles. The van der Waals surface area contributed by atoms with Gasteiger partial charge in [0.1, 0.15) is 12.0 Å². The smallest absolute Gasteiger partial charge is 0.352 e. The van der Waals surface area contributed by atoms with Crippen LogP contribution in [-0.4, -0.2) is 28.0 Å². The summed E-state index contributed by atoms with van der Waals surface area (Å²) in [5.74, 6) is -0.257. The van der Waals surface area contributed by atoms with Crippen LogP contribution in [0.15, 0.2) is 6.33 Å². The zero-order valence-corrected chi connectivity index (χ0v) is 10.1. The quantitative estimate of drug-likeness (QED) is 0.613. The molecule has 2 atom stereocenters. The van der Waals surface area contributed by atoms with Gasteiger partial charge in [0.2, 0.25) is 0 Å². The van der Waals surface area contributed by atoms with Gasteiger partial charge >= 0.3 is 5.69 Å². The molecule has 0 aliphatic rings. The van der Waals surface area contributed by atoms with Crippen LogP contribution < -0.4 is 10.5 Å². The third-order valence-electron chi connectivity index (χ3n) is 2.74. The number of hydrogen-bond donors (Lipinski definition) is 1. The number of nitro groups is 1. The molecule has 0 amide bonds. The molecule has 17 heavy (non-hydrogen) atoms. The molecule has 0 saturated carbocycles. The van der Waals surface area contributed by atoms with Crippen molar-refractivity contribution in [1.82, 2.24) is 9.97 Å². The number of nitrogens with zero attached hydrogens (tertiary/aromatic N) is 3. The minimum Gasteiger partial charge on any atom is -0.476 e. The number of rotatable bonds is 5. The van der Waals surface area contributed by atoms with Crippen molar-refractivity contribution < 1.29 is 9.66 Å². The van der Waals surface area contributed by atoms with E-state index in [4.69, 9.17) is 10.5 Å². The first kappa shape index (κ1) is 13.3. The summed E-state index contributed by atoms with van der Waals surface area (Å²) in [6.45, 7) is 3.73. The second-order valence-corrected chi connectivity index (χ2v) is 3.73. The van der Waals surface area contributed by atoms with Gasteiger partial charge in [0.05, 0.1) is 12.0 Å². The van der Waals surface area contributed by atoms with Gasteiger partial charge in [-0.25, -0.2) is 4.98 Å². The van der Waals surface area contributed by atoms with Gasteiger partial charge in [-0.05, 0) is 6.42 Å². The van der Waals surface area contributed by atoms with Crippen LogP contribution in [0.2, 0.25) is 0 Å². The highest BCUT2D eigenvalue weighted by molar-refractivity contribution is 5.46. The van der Waals surface area contributed by atoms with Crippen LogP contribution in [0.4, 0.5) is 5.69 Å². The van der Waals surface area contributed by atoms with Crippen LogP contribution in [0.5, 0.6) is 5.88 Å². The molecule has 1 heterocycles. The molecule has 7 heteroatoms. The van der Waals surface area contributed by atoms with E-state index >= 15 is 0 Å². The van der Waals surface area contributed by atoms with Crippen molar-refractivity contribution >= 4 is 5.69 Å². The van der Waals surface area contributed by atoms with E-state index in [1.165, 1.54) is 13.4 Å². The Morgan fingerprint density at radius 3 is 2.71 bits per heavy atom. The normalized spacial score (nSPS) is 14.1. The number of hydrogen-bond acceptors (Lipinski definition) is 6. The predicted octanol–water partition coefficient (Wildman–Crippen LogP) is 1.23. The molecular weight excluding hydrogens is 224 g/mol. The van der Waals surface area contributed by atoms with Gasteiger partial charge in [-0.15, -0.1) is 0 Å². The van der Waals surface area contributed by atoms with E-state index in [1.54, 1.807) is 0 Å². The monoisotopic (exact) mass is 240 g/mol. The molecule has 0 bridgehead atoms. The highest BCUT2D eigenvalue weighted by atomic mass is 16.6. The Bertz CT molecular complexity index is 411. The van der Waals surface area contributed by atoms with E-state index in [2.05, 4.69) is 9.97 Å². The average Bonchev–Trinajstić information content (AvgIpc) is 2.35. The van der Waals surface area contributed by atoms with Gasteiger partial charge in [0.25, 0.3) is 5.88 Å². The summed E-state index contributed by atoms with van der Waals surface area (Å²) in [5.41, 5.74) is 6.00. The number of ether oxygens (including phenoxy) is 1. The number of methoxy groups -OCH3 is 1. The van der Waals surface area contributed by atoms with E-state index in [0.29, 0.717) is 12.1 Å². The van der Waals surface area contributed by atoms with Gasteiger partial charge in [0.15, 0.2) is 0 Å². The van der Waals surface area contributed by atoms with Crippen molar-refractivity contribution in [3.8, 4) is 5.88 Å². The van der Waals surface area contributed by atoms with E-state index in [1.807, 2.05) is 13.8 Å². The molecule has 0 aliphatic carbocycles. The van der Waals surface area contributed by atoms with Crippen molar-refractivity contribution in [1.29, 1.82) is 0 Å².